The Morgan fingerprint density at radius 1 is 1.14 bits per heavy atom. The van der Waals surface area contributed by atoms with E-state index in [2.05, 4.69) is 5.10 Å². The first kappa shape index (κ1) is 26.5. The molecule has 0 saturated carbocycles. The Labute approximate surface area is 212 Å². The highest BCUT2D eigenvalue weighted by Gasteiger charge is 2.37. The second-order valence-corrected chi connectivity index (χ2v) is 11.5. The summed E-state index contributed by atoms with van der Waals surface area (Å²) in [6.07, 6.45) is -2.26. The van der Waals surface area contributed by atoms with Gasteiger partial charge in [0.25, 0.3) is 10.0 Å². The summed E-state index contributed by atoms with van der Waals surface area (Å²) in [7, 11) is -4.44. The highest BCUT2D eigenvalue weighted by atomic mass is 32.2. The molecule has 4 rings (SSSR count). The van der Waals surface area contributed by atoms with Gasteiger partial charge in [0.05, 0.1) is 35.7 Å². The van der Waals surface area contributed by atoms with Crippen LogP contribution in [-0.2, 0) is 38.7 Å². The first-order valence-electron chi connectivity index (χ1n) is 11.4. The van der Waals surface area contributed by atoms with Crippen LogP contribution in [0.15, 0.2) is 65.8 Å². The minimum absolute atomic E-state index is 0.121. The van der Waals surface area contributed by atoms with E-state index in [1.54, 1.807) is 56.0 Å². The van der Waals surface area contributed by atoms with Crippen molar-refractivity contribution in [3.8, 4) is 5.75 Å². The highest BCUT2D eigenvalue weighted by molar-refractivity contribution is 7.92. The molecular formula is C25H26F3N3O5S. The maximum atomic E-state index is 13.7. The first-order valence-corrected chi connectivity index (χ1v) is 12.9. The normalized spacial score (nSPS) is 16.2. The fraction of sp³-hybridized carbons (Fsp3) is 0.360. The molecule has 0 aliphatic carbocycles. The summed E-state index contributed by atoms with van der Waals surface area (Å²) in [5.74, 6) is -0.292. The third-order valence-electron chi connectivity index (χ3n) is 5.42. The number of hydrogen-bond acceptors (Lipinski definition) is 6. The van der Waals surface area contributed by atoms with Gasteiger partial charge in [-0.05, 0) is 62.7 Å². The summed E-state index contributed by atoms with van der Waals surface area (Å²) >= 11 is 0. The summed E-state index contributed by atoms with van der Waals surface area (Å²) in [4.78, 5) is 11.8. The van der Waals surface area contributed by atoms with Crippen molar-refractivity contribution in [3.63, 3.8) is 0 Å². The molecule has 0 fully saturated rings. The van der Waals surface area contributed by atoms with Crippen molar-refractivity contribution in [1.29, 1.82) is 0 Å². The lowest BCUT2D eigenvalue weighted by Gasteiger charge is -2.36. The lowest BCUT2D eigenvalue weighted by molar-refractivity contribution is -0.153. The molecule has 0 amide bonds. The lowest BCUT2D eigenvalue weighted by atomic mass is 10.1. The molecular weight excluding hydrogens is 511 g/mol. The Balaban J connectivity index is 1.73. The number of esters is 1. The van der Waals surface area contributed by atoms with Crippen LogP contribution in [0.2, 0.25) is 0 Å². The van der Waals surface area contributed by atoms with Gasteiger partial charge in [-0.15, -0.1) is 0 Å². The Morgan fingerprint density at radius 2 is 1.89 bits per heavy atom. The summed E-state index contributed by atoms with van der Waals surface area (Å²) in [5, 5.41) is 4.12. The molecule has 1 aliphatic heterocycles. The van der Waals surface area contributed by atoms with Crippen LogP contribution < -0.4 is 9.04 Å². The third-order valence-corrected chi connectivity index (χ3v) is 7.20. The molecule has 2 aromatic carbocycles. The zero-order chi connectivity index (χ0) is 27.0. The van der Waals surface area contributed by atoms with E-state index in [1.165, 1.54) is 6.07 Å². The number of carbonyl (C=O) groups is 1. The minimum atomic E-state index is -4.71. The number of hydrogen-bond donors (Lipinski definition) is 0. The zero-order valence-electron chi connectivity index (χ0n) is 20.4. The Kier molecular flexibility index (Phi) is 6.97. The van der Waals surface area contributed by atoms with E-state index < -0.39 is 44.3 Å². The van der Waals surface area contributed by atoms with Crippen LogP contribution in [0.3, 0.4) is 0 Å². The molecule has 198 valence electrons. The number of anilines is 1. The highest BCUT2D eigenvalue weighted by Crippen LogP contribution is 2.39. The second kappa shape index (κ2) is 9.73. The number of carbonyl (C=O) groups excluding carboxylic acids is 1. The standard InChI is InChI=1S/C25H26F3N3O5S/c1-24(2,3)36-23(32)13-17-8-9-22-21(12-17)31(16-19(35-22)15-30-11-5-10-29-30)37(33,34)20-7-4-6-18(14-20)25(26,27)28/h4-12,14,19H,13,15-16H2,1-3H3/t19-/m0/s1. The van der Waals surface area contributed by atoms with Crippen LogP contribution in [0.4, 0.5) is 18.9 Å². The Bertz CT molecular complexity index is 1380. The van der Waals surface area contributed by atoms with Crippen LogP contribution >= 0.6 is 0 Å². The maximum absolute atomic E-state index is 13.7. The predicted octanol–water partition coefficient (Wildman–Crippen LogP) is 4.44. The van der Waals surface area contributed by atoms with Crippen LogP contribution in [0.25, 0.3) is 0 Å². The van der Waals surface area contributed by atoms with Crippen molar-refractivity contribution in [2.45, 2.75) is 56.5 Å². The van der Waals surface area contributed by atoms with Gasteiger partial charge in [-0.2, -0.15) is 18.3 Å². The van der Waals surface area contributed by atoms with E-state index in [1.807, 2.05) is 0 Å². The van der Waals surface area contributed by atoms with Crippen molar-refractivity contribution < 1.29 is 35.9 Å². The van der Waals surface area contributed by atoms with Crippen molar-refractivity contribution >= 4 is 21.7 Å². The SMILES string of the molecule is CC(C)(C)OC(=O)Cc1ccc2c(c1)N(S(=O)(=O)c1cccc(C(F)(F)F)c1)C[C@H](Cn1cccn1)O2. The average molecular weight is 538 g/mol. The van der Waals surface area contributed by atoms with Gasteiger partial charge in [-0.3, -0.25) is 13.8 Å². The molecule has 0 radical (unpaired) electrons. The van der Waals surface area contributed by atoms with Gasteiger partial charge in [0.2, 0.25) is 0 Å². The molecule has 0 N–H and O–H groups in total. The first-order chi connectivity index (χ1) is 17.2. The van der Waals surface area contributed by atoms with Crippen molar-refractivity contribution in [3.05, 3.63) is 72.1 Å². The van der Waals surface area contributed by atoms with Gasteiger partial charge >= 0.3 is 12.1 Å². The van der Waals surface area contributed by atoms with E-state index in [9.17, 15) is 26.4 Å². The molecule has 3 aromatic rings. The molecule has 2 heterocycles. The number of halogens is 3. The topological polar surface area (TPSA) is 90.7 Å². The number of rotatable bonds is 6. The monoisotopic (exact) mass is 537 g/mol. The van der Waals surface area contributed by atoms with Crippen molar-refractivity contribution in [1.82, 2.24) is 9.78 Å². The van der Waals surface area contributed by atoms with Crippen LogP contribution in [0.1, 0.15) is 31.9 Å². The quantitative estimate of drug-likeness (QED) is 0.432. The van der Waals surface area contributed by atoms with Crippen LogP contribution in [0, 0.1) is 0 Å². The summed E-state index contributed by atoms with van der Waals surface area (Å²) in [6, 6.07) is 9.94. The largest absolute Gasteiger partial charge is 0.484 e. The fourth-order valence-electron chi connectivity index (χ4n) is 3.91. The minimum Gasteiger partial charge on any atom is -0.484 e. The van der Waals surface area contributed by atoms with Gasteiger partial charge in [-0.25, -0.2) is 8.42 Å². The number of alkyl halides is 3. The van der Waals surface area contributed by atoms with E-state index in [0.29, 0.717) is 11.6 Å². The van der Waals surface area contributed by atoms with E-state index in [0.717, 1.165) is 22.5 Å². The van der Waals surface area contributed by atoms with Gasteiger partial charge in [0.15, 0.2) is 0 Å². The number of fused-ring (bicyclic) bond motifs is 1. The molecule has 1 aromatic heterocycles. The number of sulfonamides is 1. The van der Waals surface area contributed by atoms with Crippen molar-refractivity contribution in [2.75, 3.05) is 10.8 Å². The third kappa shape index (κ3) is 6.24. The van der Waals surface area contributed by atoms with Crippen LogP contribution in [-0.4, -0.2) is 42.4 Å². The number of aromatic nitrogens is 2. The zero-order valence-corrected chi connectivity index (χ0v) is 21.2. The maximum Gasteiger partial charge on any atom is 0.416 e. The fourth-order valence-corrected chi connectivity index (χ4v) is 5.46. The lowest BCUT2D eigenvalue weighted by Crippen LogP contribution is -2.45. The molecule has 0 spiro atoms. The molecule has 0 saturated heterocycles. The van der Waals surface area contributed by atoms with E-state index >= 15 is 0 Å². The molecule has 37 heavy (non-hydrogen) atoms. The Hall–Kier alpha value is -3.54. The summed E-state index contributed by atoms with van der Waals surface area (Å²) < 4.78 is 81.3. The molecule has 1 aliphatic rings. The summed E-state index contributed by atoms with van der Waals surface area (Å²) in [5.41, 5.74) is -1.19. The predicted molar refractivity (Wildman–Crippen MR) is 129 cm³/mol. The smallest absolute Gasteiger partial charge is 0.416 e. The van der Waals surface area contributed by atoms with E-state index in [-0.39, 0.29) is 30.9 Å². The molecule has 8 nitrogen and oxygen atoms in total. The average Bonchev–Trinajstić information content (AvgIpc) is 3.30. The molecule has 1 atom stereocenters. The second-order valence-electron chi connectivity index (χ2n) is 9.59. The number of benzene rings is 2. The Morgan fingerprint density at radius 3 is 2.54 bits per heavy atom. The molecule has 12 heteroatoms. The van der Waals surface area contributed by atoms with Gasteiger partial charge < -0.3 is 9.47 Å². The molecule has 0 unspecified atom stereocenters. The molecule has 0 bridgehead atoms. The summed E-state index contributed by atoms with van der Waals surface area (Å²) in [6.45, 7) is 5.22. The van der Waals surface area contributed by atoms with Gasteiger partial charge in [0, 0.05) is 12.4 Å². The van der Waals surface area contributed by atoms with Crippen LogP contribution in [0.5, 0.6) is 5.75 Å². The van der Waals surface area contributed by atoms with E-state index in [4.69, 9.17) is 9.47 Å². The van der Waals surface area contributed by atoms with Crippen molar-refractivity contribution in [2.24, 2.45) is 0 Å². The number of nitrogens with zero attached hydrogens (tertiary/aromatic N) is 3. The number of ether oxygens (including phenoxy) is 2. The van der Waals surface area contributed by atoms with Gasteiger partial charge in [0.1, 0.15) is 17.5 Å². The van der Waals surface area contributed by atoms with Gasteiger partial charge in [-0.1, -0.05) is 12.1 Å².